The lowest BCUT2D eigenvalue weighted by Crippen LogP contribution is -2.51. The van der Waals surface area contributed by atoms with Gasteiger partial charge in [0.1, 0.15) is 18.2 Å². The van der Waals surface area contributed by atoms with E-state index in [1.54, 1.807) is 0 Å². The molecule has 0 bridgehead atoms. The predicted molar refractivity (Wildman–Crippen MR) is 162 cm³/mol. The average molecular weight is 578 g/mol. The lowest BCUT2D eigenvalue weighted by atomic mass is 9.99. The van der Waals surface area contributed by atoms with E-state index in [1.165, 1.54) is 14.0 Å². The van der Waals surface area contributed by atoms with Crippen molar-refractivity contribution in [1.82, 2.24) is 5.32 Å². The van der Waals surface area contributed by atoms with Gasteiger partial charge in [-0.15, -0.1) is 0 Å². The number of nitrogens with one attached hydrogen (secondary N) is 1. The highest BCUT2D eigenvalue weighted by atomic mass is 28.4. The van der Waals surface area contributed by atoms with E-state index in [2.05, 4.69) is 85.2 Å². The first-order valence-electron chi connectivity index (χ1n) is 13.9. The van der Waals surface area contributed by atoms with Gasteiger partial charge in [0.05, 0.1) is 19.8 Å². The summed E-state index contributed by atoms with van der Waals surface area (Å²) in [6.45, 7) is 24.4. The largest absolute Gasteiger partial charge is 0.467 e. The maximum atomic E-state index is 12.1. The van der Waals surface area contributed by atoms with Gasteiger partial charge in [-0.05, 0) is 47.4 Å². The molecule has 0 aromatic heterocycles. The molecule has 0 radical (unpaired) electrons. The molecule has 9 heteroatoms. The lowest BCUT2D eigenvalue weighted by Gasteiger charge is -2.43. The molecule has 1 aliphatic heterocycles. The smallest absolute Gasteiger partial charge is 0.328 e. The van der Waals surface area contributed by atoms with Gasteiger partial charge in [0.2, 0.25) is 5.91 Å². The monoisotopic (exact) mass is 577 g/mol. The fraction of sp³-hybridized carbons (Fsp3) is 0.667. The molecule has 1 amide bonds. The minimum atomic E-state index is -2.04. The normalized spacial score (nSPS) is 21.4. The van der Waals surface area contributed by atoms with E-state index in [4.69, 9.17) is 18.3 Å². The topological polar surface area (TPSA) is 83.1 Å². The van der Waals surface area contributed by atoms with Crippen LogP contribution in [0, 0.1) is 0 Å². The SMILES string of the molecule is COC(=O)[C@@H](Cc1ccc([C@@H]2C=C[C@H](O[Si](C)(C)C(C)(C)C)[C@@H](CO[Si](C)(C)C(C)(C)C)O2)cc1)NC(C)=O. The third kappa shape index (κ3) is 9.11. The number of methoxy groups -OCH3 is 1. The molecule has 0 saturated carbocycles. The molecule has 0 saturated heterocycles. The van der Waals surface area contributed by atoms with Crippen LogP contribution in [0.25, 0.3) is 0 Å². The van der Waals surface area contributed by atoms with Crippen LogP contribution in [0.1, 0.15) is 65.7 Å². The fourth-order valence-corrected chi connectivity index (χ4v) is 6.05. The van der Waals surface area contributed by atoms with Gasteiger partial charge < -0.3 is 23.6 Å². The van der Waals surface area contributed by atoms with Crippen LogP contribution in [0.3, 0.4) is 0 Å². The Balaban J connectivity index is 2.26. The van der Waals surface area contributed by atoms with Crippen molar-refractivity contribution in [3.63, 3.8) is 0 Å². The molecule has 2 rings (SSSR count). The minimum Gasteiger partial charge on any atom is -0.467 e. The Kier molecular flexibility index (Phi) is 11.0. The van der Waals surface area contributed by atoms with Crippen LogP contribution in [0.5, 0.6) is 0 Å². The first-order chi connectivity index (χ1) is 17.8. The second-order valence-electron chi connectivity index (χ2n) is 13.6. The third-order valence-corrected chi connectivity index (χ3v) is 17.4. The zero-order chi connectivity index (χ0) is 29.8. The van der Waals surface area contributed by atoms with Gasteiger partial charge in [0, 0.05) is 13.3 Å². The number of ether oxygens (including phenoxy) is 2. The Bertz CT molecular complexity index is 1010. The standard InChI is InChI=1S/C30H51NO6Si2/c1-21(32)31-24(28(33)34-8)19-22-13-15-23(16-14-22)25-17-18-26(37-39(11,12)30(5,6)7)27(36-25)20-35-38(9,10)29(2,3)4/h13-18,24-27H,19-20H2,1-12H3,(H,31,32)/t24-,25+,26+,27-/m1/s1. The van der Waals surface area contributed by atoms with Crippen LogP contribution in [0.15, 0.2) is 36.4 Å². The predicted octanol–water partition coefficient (Wildman–Crippen LogP) is 6.32. The molecule has 4 atom stereocenters. The van der Waals surface area contributed by atoms with E-state index in [0.29, 0.717) is 13.0 Å². The number of rotatable bonds is 10. The van der Waals surface area contributed by atoms with Crippen molar-refractivity contribution in [2.45, 2.75) is 116 Å². The summed E-state index contributed by atoms with van der Waals surface area (Å²) < 4.78 is 24.9. The number of benzene rings is 1. The van der Waals surface area contributed by atoms with Crippen molar-refractivity contribution in [1.29, 1.82) is 0 Å². The quantitative estimate of drug-likeness (QED) is 0.199. The molecular formula is C30H51NO6Si2. The number of esters is 1. The second kappa shape index (κ2) is 12.8. The summed E-state index contributed by atoms with van der Waals surface area (Å²) in [6, 6.07) is 7.21. The summed E-state index contributed by atoms with van der Waals surface area (Å²) in [5.41, 5.74) is 1.92. The van der Waals surface area contributed by atoms with Gasteiger partial charge in [-0.25, -0.2) is 4.79 Å². The second-order valence-corrected chi connectivity index (χ2v) is 23.2. The van der Waals surface area contributed by atoms with Crippen LogP contribution in [0.4, 0.5) is 0 Å². The average Bonchev–Trinajstić information content (AvgIpc) is 2.81. The Morgan fingerprint density at radius 2 is 1.51 bits per heavy atom. The molecule has 1 aliphatic rings. The van der Waals surface area contributed by atoms with E-state index in [0.717, 1.165) is 11.1 Å². The first-order valence-corrected chi connectivity index (χ1v) is 19.7. The lowest BCUT2D eigenvalue weighted by molar-refractivity contribution is -0.144. The van der Waals surface area contributed by atoms with E-state index >= 15 is 0 Å². The van der Waals surface area contributed by atoms with Crippen molar-refractivity contribution < 1.29 is 27.9 Å². The van der Waals surface area contributed by atoms with Gasteiger partial charge in [0.15, 0.2) is 16.6 Å². The van der Waals surface area contributed by atoms with Crippen molar-refractivity contribution in [3.05, 3.63) is 47.5 Å². The zero-order valence-electron chi connectivity index (χ0n) is 26.1. The van der Waals surface area contributed by atoms with Gasteiger partial charge in [0.25, 0.3) is 0 Å². The van der Waals surface area contributed by atoms with Gasteiger partial charge >= 0.3 is 5.97 Å². The summed E-state index contributed by atoms with van der Waals surface area (Å²) in [7, 11) is -2.70. The van der Waals surface area contributed by atoms with Crippen LogP contribution < -0.4 is 5.32 Å². The maximum Gasteiger partial charge on any atom is 0.328 e. The highest BCUT2D eigenvalue weighted by molar-refractivity contribution is 6.74. The van der Waals surface area contributed by atoms with Crippen molar-refractivity contribution in [2.75, 3.05) is 13.7 Å². The van der Waals surface area contributed by atoms with E-state index in [1.807, 2.05) is 24.3 Å². The molecule has 1 heterocycles. The molecule has 0 unspecified atom stereocenters. The number of hydrogen-bond acceptors (Lipinski definition) is 6. The summed E-state index contributed by atoms with van der Waals surface area (Å²) in [6.07, 6.45) is 3.92. The molecule has 1 aromatic rings. The Hall–Kier alpha value is -1.79. The van der Waals surface area contributed by atoms with E-state index < -0.39 is 28.6 Å². The molecule has 0 aliphatic carbocycles. The van der Waals surface area contributed by atoms with E-state index in [9.17, 15) is 9.59 Å². The van der Waals surface area contributed by atoms with Crippen LogP contribution in [-0.4, -0.2) is 60.5 Å². The highest BCUT2D eigenvalue weighted by Gasteiger charge is 2.43. The molecular weight excluding hydrogens is 527 g/mol. The summed E-state index contributed by atoms with van der Waals surface area (Å²) in [5, 5.41) is 2.84. The van der Waals surface area contributed by atoms with Crippen LogP contribution in [-0.2, 0) is 34.3 Å². The number of hydrogen-bond donors (Lipinski definition) is 1. The molecule has 39 heavy (non-hydrogen) atoms. The maximum absolute atomic E-state index is 12.1. The number of carbonyl (C=O) groups excluding carboxylic acids is 2. The Labute approximate surface area is 238 Å². The van der Waals surface area contributed by atoms with Gasteiger partial charge in [-0.2, -0.15) is 0 Å². The fourth-order valence-electron chi connectivity index (χ4n) is 3.77. The molecule has 0 spiro atoms. The van der Waals surface area contributed by atoms with Crippen LogP contribution in [0.2, 0.25) is 36.3 Å². The Morgan fingerprint density at radius 3 is 2.00 bits per heavy atom. The van der Waals surface area contributed by atoms with Crippen molar-refractivity contribution in [2.24, 2.45) is 0 Å². The molecule has 1 N–H and O–H groups in total. The highest BCUT2D eigenvalue weighted by Crippen LogP contribution is 2.41. The Morgan fingerprint density at radius 1 is 0.949 bits per heavy atom. The number of carbonyl (C=O) groups is 2. The molecule has 1 aromatic carbocycles. The minimum absolute atomic E-state index is 0.0810. The summed E-state index contributed by atoms with van der Waals surface area (Å²) in [5.74, 6) is -0.742. The van der Waals surface area contributed by atoms with E-state index in [-0.39, 0.29) is 34.3 Å². The third-order valence-electron chi connectivity index (χ3n) is 8.43. The van der Waals surface area contributed by atoms with Crippen molar-refractivity contribution in [3.8, 4) is 0 Å². The zero-order valence-corrected chi connectivity index (χ0v) is 28.1. The van der Waals surface area contributed by atoms with Gasteiger partial charge in [-0.1, -0.05) is 78.0 Å². The summed E-state index contributed by atoms with van der Waals surface area (Å²) in [4.78, 5) is 23.6. The summed E-state index contributed by atoms with van der Waals surface area (Å²) >= 11 is 0. The number of amides is 1. The molecule has 220 valence electrons. The molecule has 7 nitrogen and oxygen atoms in total. The van der Waals surface area contributed by atoms with Gasteiger partial charge in [-0.3, -0.25) is 4.79 Å². The first kappa shape index (κ1) is 33.4. The van der Waals surface area contributed by atoms with Crippen LogP contribution >= 0.6 is 0 Å². The molecule has 0 fully saturated rings. The van der Waals surface area contributed by atoms with Crippen molar-refractivity contribution >= 4 is 28.5 Å².